The molecule has 0 unspecified atom stereocenters. The highest BCUT2D eigenvalue weighted by Crippen LogP contribution is 2.59. The van der Waals surface area contributed by atoms with Gasteiger partial charge in [0.1, 0.15) is 11.8 Å². The summed E-state index contributed by atoms with van der Waals surface area (Å²) in [6.45, 7) is 0. The third-order valence-electron chi connectivity index (χ3n) is 5.47. The van der Waals surface area contributed by atoms with Crippen LogP contribution in [-0.4, -0.2) is 9.97 Å². The molecule has 4 bridgehead atoms. The van der Waals surface area contributed by atoms with Gasteiger partial charge in [0.15, 0.2) is 0 Å². The van der Waals surface area contributed by atoms with Crippen molar-refractivity contribution in [1.29, 1.82) is 5.26 Å². The van der Waals surface area contributed by atoms with Crippen LogP contribution >= 0.6 is 0 Å². The Labute approximate surface area is 111 Å². The molecule has 0 aliphatic heterocycles. The maximum atomic E-state index is 11.6. The van der Waals surface area contributed by atoms with Crippen molar-refractivity contribution in [2.24, 2.45) is 23.7 Å². The molecule has 0 aromatic carbocycles. The molecule has 0 spiro atoms. The Hall–Kier alpha value is -1.63. The van der Waals surface area contributed by atoms with Gasteiger partial charge in [-0.3, -0.25) is 0 Å². The average molecular weight is 255 g/mol. The smallest absolute Gasteiger partial charge is 0.309 e. The summed E-state index contributed by atoms with van der Waals surface area (Å²) in [7, 11) is 0. The lowest BCUT2D eigenvalue weighted by Gasteiger charge is -2.54. The normalized spacial score (nSPS) is 39.2. The summed E-state index contributed by atoms with van der Waals surface area (Å²) in [5.41, 5.74) is 0.848. The SMILES string of the molecule is N#Cc1cc(C2C3CC4CC(C3)CC2C4)[nH]c(=O)n1. The van der Waals surface area contributed by atoms with Gasteiger partial charge in [0.05, 0.1) is 0 Å². The molecule has 4 aliphatic carbocycles. The molecule has 0 amide bonds. The van der Waals surface area contributed by atoms with Crippen LogP contribution in [0.15, 0.2) is 10.9 Å². The Morgan fingerprint density at radius 1 is 1.16 bits per heavy atom. The zero-order valence-electron chi connectivity index (χ0n) is 10.8. The van der Waals surface area contributed by atoms with E-state index in [0.717, 1.165) is 17.5 Å². The van der Waals surface area contributed by atoms with E-state index in [-0.39, 0.29) is 11.4 Å². The summed E-state index contributed by atoms with van der Waals surface area (Å²) >= 11 is 0. The molecule has 4 aliphatic rings. The Balaban J connectivity index is 1.75. The number of hydrogen-bond donors (Lipinski definition) is 1. The highest BCUT2D eigenvalue weighted by molar-refractivity contribution is 5.25. The minimum absolute atomic E-state index is 0.257. The van der Waals surface area contributed by atoms with Gasteiger partial charge in [-0.15, -0.1) is 0 Å². The van der Waals surface area contributed by atoms with Crippen LogP contribution in [0.5, 0.6) is 0 Å². The first-order valence-electron chi connectivity index (χ1n) is 7.24. The second-order valence-electron chi connectivity index (χ2n) is 6.60. The average Bonchev–Trinajstić information content (AvgIpc) is 2.36. The third-order valence-corrected chi connectivity index (χ3v) is 5.47. The fraction of sp³-hybridized carbons (Fsp3) is 0.667. The van der Waals surface area contributed by atoms with Crippen molar-refractivity contribution in [3.8, 4) is 6.07 Å². The van der Waals surface area contributed by atoms with E-state index in [1.54, 1.807) is 6.07 Å². The van der Waals surface area contributed by atoms with Crippen molar-refractivity contribution >= 4 is 0 Å². The molecule has 19 heavy (non-hydrogen) atoms. The largest absolute Gasteiger partial charge is 0.346 e. The number of aromatic nitrogens is 2. The lowest BCUT2D eigenvalue weighted by atomic mass is 9.51. The molecule has 4 nitrogen and oxygen atoms in total. The van der Waals surface area contributed by atoms with Gasteiger partial charge in [0.25, 0.3) is 0 Å². The van der Waals surface area contributed by atoms with Crippen molar-refractivity contribution in [1.82, 2.24) is 9.97 Å². The van der Waals surface area contributed by atoms with Crippen molar-refractivity contribution in [2.45, 2.75) is 38.0 Å². The number of aromatic amines is 1. The van der Waals surface area contributed by atoms with Crippen LogP contribution in [0.4, 0.5) is 0 Å². The van der Waals surface area contributed by atoms with Crippen molar-refractivity contribution in [2.75, 3.05) is 0 Å². The molecule has 0 saturated heterocycles. The molecule has 1 N–H and O–H groups in total. The maximum absolute atomic E-state index is 11.6. The van der Waals surface area contributed by atoms with Gasteiger partial charge in [-0.1, -0.05) is 0 Å². The summed E-state index contributed by atoms with van der Waals surface area (Å²) in [5.74, 6) is 3.71. The first-order chi connectivity index (χ1) is 9.22. The van der Waals surface area contributed by atoms with E-state index in [1.165, 1.54) is 32.1 Å². The highest BCUT2D eigenvalue weighted by atomic mass is 16.1. The molecular formula is C15H17N3O. The van der Waals surface area contributed by atoms with Crippen molar-refractivity contribution in [3.63, 3.8) is 0 Å². The summed E-state index contributed by atoms with van der Waals surface area (Å²) in [5, 5.41) is 8.97. The maximum Gasteiger partial charge on any atom is 0.346 e. The van der Waals surface area contributed by atoms with Crippen LogP contribution in [-0.2, 0) is 0 Å². The number of nitrogens with zero attached hydrogens (tertiary/aromatic N) is 2. The Bertz CT molecular complexity index is 585. The summed E-state index contributed by atoms with van der Waals surface area (Å²) in [6.07, 6.45) is 6.66. The van der Waals surface area contributed by atoms with E-state index >= 15 is 0 Å². The molecule has 1 aromatic rings. The lowest BCUT2D eigenvalue weighted by Crippen LogP contribution is -2.44. The number of rotatable bonds is 1. The molecule has 1 heterocycles. The number of nitrogens with one attached hydrogen (secondary N) is 1. The predicted molar refractivity (Wildman–Crippen MR) is 69.4 cm³/mol. The van der Waals surface area contributed by atoms with E-state index in [4.69, 9.17) is 5.26 Å². The van der Waals surface area contributed by atoms with Crippen LogP contribution in [0.25, 0.3) is 0 Å². The first-order valence-corrected chi connectivity index (χ1v) is 7.24. The molecule has 1 aromatic heterocycles. The Morgan fingerprint density at radius 3 is 2.37 bits per heavy atom. The quantitative estimate of drug-likeness (QED) is 0.836. The molecule has 4 fully saturated rings. The second kappa shape index (κ2) is 3.93. The van der Waals surface area contributed by atoms with Gasteiger partial charge in [-0.2, -0.15) is 10.2 Å². The number of hydrogen-bond acceptors (Lipinski definition) is 3. The molecule has 4 heteroatoms. The van der Waals surface area contributed by atoms with Crippen LogP contribution in [0.1, 0.15) is 49.4 Å². The summed E-state index contributed by atoms with van der Waals surface area (Å²) in [4.78, 5) is 18.2. The minimum Gasteiger partial charge on any atom is -0.309 e. The standard InChI is InChI=1S/C15H17N3O/c16-7-12-6-13(18-15(19)17-12)14-10-2-8-1-9(4-10)5-11(14)3-8/h6,8-11,14H,1-5H2,(H,17,18,19). The topological polar surface area (TPSA) is 69.5 Å². The summed E-state index contributed by atoms with van der Waals surface area (Å²) < 4.78 is 0. The molecule has 4 saturated carbocycles. The zero-order chi connectivity index (χ0) is 13.0. The first kappa shape index (κ1) is 11.2. The summed E-state index contributed by atoms with van der Waals surface area (Å²) in [6, 6.07) is 3.80. The van der Waals surface area contributed by atoms with E-state index < -0.39 is 0 Å². The molecular weight excluding hydrogens is 238 g/mol. The Kier molecular flexibility index (Phi) is 2.32. The van der Waals surface area contributed by atoms with Gasteiger partial charge in [0.2, 0.25) is 0 Å². The van der Waals surface area contributed by atoms with Gasteiger partial charge in [-0.25, -0.2) is 4.79 Å². The lowest BCUT2D eigenvalue weighted by molar-refractivity contribution is -0.00427. The van der Waals surface area contributed by atoms with E-state index in [1.807, 2.05) is 6.07 Å². The van der Waals surface area contributed by atoms with Crippen LogP contribution in [0, 0.1) is 35.0 Å². The molecule has 98 valence electrons. The second-order valence-corrected chi connectivity index (χ2v) is 6.60. The van der Waals surface area contributed by atoms with Crippen LogP contribution < -0.4 is 5.69 Å². The number of nitriles is 1. The van der Waals surface area contributed by atoms with Crippen molar-refractivity contribution < 1.29 is 0 Å². The monoisotopic (exact) mass is 255 g/mol. The zero-order valence-corrected chi connectivity index (χ0v) is 10.8. The highest BCUT2D eigenvalue weighted by Gasteiger charge is 2.48. The van der Waals surface area contributed by atoms with Gasteiger partial charge in [-0.05, 0) is 61.8 Å². The van der Waals surface area contributed by atoms with E-state index in [9.17, 15) is 4.79 Å². The van der Waals surface area contributed by atoms with Gasteiger partial charge in [0, 0.05) is 11.6 Å². The van der Waals surface area contributed by atoms with Gasteiger partial charge < -0.3 is 4.98 Å². The molecule has 0 radical (unpaired) electrons. The predicted octanol–water partition coefficient (Wildman–Crippen LogP) is 2.18. The number of H-pyrrole nitrogens is 1. The molecule has 0 atom stereocenters. The Morgan fingerprint density at radius 2 is 1.79 bits per heavy atom. The van der Waals surface area contributed by atoms with Crippen LogP contribution in [0.2, 0.25) is 0 Å². The van der Waals surface area contributed by atoms with Crippen molar-refractivity contribution in [3.05, 3.63) is 27.9 Å². The van der Waals surface area contributed by atoms with E-state index in [2.05, 4.69) is 9.97 Å². The fourth-order valence-corrected chi connectivity index (χ4v) is 5.15. The van der Waals surface area contributed by atoms with Crippen LogP contribution in [0.3, 0.4) is 0 Å². The molecule has 5 rings (SSSR count). The fourth-order valence-electron chi connectivity index (χ4n) is 5.15. The minimum atomic E-state index is -0.372. The third kappa shape index (κ3) is 1.72. The van der Waals surface area contributed by atoms with E-state index in [0.29, 0.717) is 17.8 Å². The van der Waals surface area contributed by atoms with Gasteiger partial charge >= 0.3 is 5.69 Å².